The average Bonchev–Trinajstić information content (AvgIpc) is 3.37. The number of esters is 2. The van der Waals surface area contributed by atoms with E-state index < -0.39 is 78.9 Å². The number of phenols is 2. The van der Waals surface area contributed by atoms with Crippen LogP contribution in [-0.4, -0.2) is 97.8 Å². The highest BCUT2D eigenvalue weighted by atomic mass is 16.8. The fraction of sp³-hybridized carbons (Fsp3) is 0.406. The number of carboxylic acid groups (broad SMARTS) is 1. The summed E-state index contributed by atoms with van der Waals surface area (Å²) in [6, 6.07) is 11.4. The molecule has 246 valence electrons. The average molecular weight is 643 g/mol. The minimum atomic E-state index is -1.80. The number of fused-ring (bicyclic) bond motifs is 1. The fourth-order valence-electron chi connectivity index (χ4n) is 5.93. The van der Waals surface area contributed by atoms with Gasteiger partial charge in [0, 0.05) is 12.0 Å². The van der Waals surface area contributed by atoms with Gasteiger partial charge in [-0.05, 0) is 67.8 Å². The lowest BCUT2D eigenvalue weighted by atomic mass is 9.81. The summed E-state index contributed by atoms with van der Waals surface area (Å²) in [5.41, 5.74) is -0.645. The van der Waals surface area contributed by atoms with Gasteiger partial charge in [0.2, 0.25) is 6.29 Å². The lowest BCUT2D eigenvalue weighted by molar-refractivity contribution is -0.346. The van der Waals surface area contributed by atoms with E-state index in [4.69, 9.17) is 23.7 Å². The second-order valence-electron chi connectivity index (χ2n) is 11.5. The number of rotatable bonds is 9. The molecule has 2 fully saturated rings. The standard InChI is InChI=1S/C32H34O14/c1-32(46-29(41)17-5-9-19(34)10-6-17)13-12-20-21(28(39)40)14-43-30(24(20)32)45-31-27(38)26(37)25(36)22(44-31)15-42-23(35)11-4-16-2-7-18(33)8-3-16/h2-11,14,20,22,24-27,30-31,33-34,36-38H,12-13,15H2,1H3,(H,39,40)/b11-4+/t20-,22-,24-,25-,26+,27-,30+,31+,32+/m1/s1. The van der Waals surface area contributed by atoms with E-state index in [2.05, 4.69) is 0 Å². The summed E-state index contributed by atoms with van der Waals surface area (Å²) in [4.78, 5) is 37.4. The van der Waals surface area contributed by atoms with Crippen LogP contribution in [0.15, 0.2) is 66.4 Å². The molecule has 0 unspecified atom stereocenters. The number of aliphatic carboxylic acids is 1. The van der Waals surface area contributed by atoms with Crippen LogP contribution in [0.1, 0.15) is 35.7 Å². The van der Waals surface area contributed by atoms with E-state index in [1.54, 1.807) is 19.1 Å². The molecule has 1 saturated carbocycles. The van der Waals surface area contributed by atoms with E-state index in [-0.39, 0.29) is 35.5 Å². The predicted molar refractivity (Wildman–Crippen MR) is 155 cm³/mol. The molecule has 2 aliphatic heterocycles. The molecule has 1 saturated heterocycles. The summed E-state index contributed by atoms with van der Waals surface area (Å²) in [5.74, 6) is -4.37. The molecule has 1 aliphatic carbocycles. The van der Waals surface area contributed by atoms with Crippen molar-refractivity contribution in [3.63, 3.8) is 0 Å². The summed E-state index contributed by atoms with van der Waals surface area (Å²) in [7, 11) is 0. The van der Waals surface area contributed by atoms with E-state index in [9.17, 15) is 45.0 Å². The van der Waals surface area contributed by atoms with Gasteiger partial charge in [-0.25, -0.2) is 14.4 Å². The molecule has 14 nitrogen and oxygen atoms in total. The van der Waals surface area contributed by atoms with Crippen molar-refractivity contribution in [1.82, 2.24) is 0 Å². The number of aliphatic hydroxyl groups excluding tert-OH is 3. The molecule has 0 amide bonds. The van der Waals surface area contributed by atoms with Gasteiger partial charge in [0.15, 0.2) is 6.29 Å². The minimum absolute atomic E-state index is 0.0500. The first-order valence-corrected chi connectivity index (χ1v) is 14.5. The van der Waals surface area contributed by atoms with Gasteiger partial charge in [-0.15, -0.1) is 0 Å². The normalized spacial score (nSPS) is 32.2. The van der Waals surface area contributed by atoms with Crippen molar-refractivity contribution in [3.8, 4) is 11.5 Å². The van der Waals surface area contributed by atoms with Crippen LogP contribution in [0, 0.1) is 11.8 Å². The molecule has 0 aromatic heterocycles. The van der Waals surface area contributed by atoms with Gasteiger partial charge in [-0.2, -0.15) is 0 Å². The largest absolute Gasteiger partial charge is 0.508 e. The Balaban J connectivity index is 1.30. The third kappa shape index (κ3) is 7.00. The predicted octanol–water partition coefficient (Wildman–Crippen LogP) is 1.45. The SMILES string of the molecule is C[C@]1(OC(=O)c2ccc(O)cc2)CC[C@@H]2C(C(=O)O)=CO[C@@H](O[C@@H]3O[C@H](COC(=O)/C=C/c4ccc(O)cc4)[C@@H](O)[C@H](O)[C@H]3O)[C@@H]21. The van der Waals surface area contributed by atoms with Crippen LogP contribution in [0.3, 0.4) is 0 Å². The number of hydrogen-bond acceptors (Lipinski definition) is 13. The topological polar surface area (TPSA) is 219 Å². The number of aliphatic hydroxyl groups is 3. The Morgan fingerprint density at radius 2 is 1.59 bits per heavy atom. The molecule has 0 radical (unpaired) electrons. The van der Waals surface area contributed by atoms with Crippen molar-refractivity contribution >= 4 is 24.0 Å². The smallest absolute Gasteiger partial charge is 0.338 e. The highest BCUT2D eigenvalue weighted by Crippen LogP contribution is 2.51. The number of benzene rings is 2. The van der Waals surface area contributed by atoms with Crippen molar-refractivity contribution in [3.05, 3.63) is 77.6 Å². The van der Waals surface area contributed by atoms with Crippen LogP contribution >= 0.6 is 0 Å². The number of carbonyl (C=O) groups is 3. The maximum absolute atomic E-state index is 13.0. The molecular formula is C32H34O14. The zero-order chi connectivity index (χ0) is 33.2. The maximum atomic E-state index is 13.0. The first-order chi connectivity index (χ1) is 21.9. The van der Waals surface area contributed by atoms with Gasteiger partial charge in [-0.3, -0.25) is 0 Å². The minimum Gasteiger partial charge on any atom is -0.508 e. The second-order valence-corrected chi connectivity index (χ2v) is 11.5. The lowest BCUT2D eigenvalue weighted by Crippen LogP contribution is -2.61. The number of phenolic OH excluding ortho intramolecular Hbond substituents is 2. The summed E-state index contributed by atoms with van der Waals surface area (Å²) in [6.07, 6.45) is -5.50. The molecule has 0 bridgehead atoms. The zero-order valence-corrected chi connectivity index (χ0v) is 24.5. The molecule has 6 N–H and O–H groups in total. The summed E-state index contributed by atoms with van der Waals surface area (Å²) >= 11 is 0. The van der Waals surface area contributed by atoms with Crippen LogP contribution < -0.4 is 0 Å². The van der Waals surface area contributed by atoms with Gasteiger partial charge in [0.05, 0.1) is 23.3 Å². The zero-order valence-electron chi connectivity index (χ0n) is 24.5. The van der Waals surface area contributed by atoms with Crippen LogP contribution in [0.4, 0.5) is 0 Å². The Hall–Kier alpha value is -4.47. The van der Waals surface area contributed by atoms with Crippen LogP contribution in [-0.2, 0) is 33.3 Å². The monoisotopic (exact) mass is 642 g/mol. The Kier molecular flexibility index (Phi) is 9.65. The molecule has 5 rings (SSSR count). The number of carbonyl (C=O) groups excluding carboxylic acids is 2. The van der Waals surface area contributed by atoms with Crippen LogP contribution in [0.25, 0.3) is 6.08 Å². The summed E-state index contributed by atoms with van der Waals surface area (Å²) in [5, 5.41) is 60.6. The molecule has 2 aromatic carbocycles. The molecule has 3 aliphatic rings. The van der Waals surface area contributed by atoms with Gasteiger partial charge in [0.25, 0.3) is 0 Å². The highest BCUT2D eigenvalue weighted by molar-refractivity contribution is 5.90. The maximum Gasteiger partial charge on any atom is 0.338 e. The first-order valence-electron chi connectivity index (χ1n) is 14.5. The number of carboxylic acids is 1. The molecule has 0 spiro atoms. The molecule has 9 atom stereocenters. The molecule has 14 heteroatoms. The van der Waals surface area contributed by atoms with Crippen molar-refractivity contribution in [2.45, 2.75) is 62.4 Å². The highest BCUT2D eigenvalue weighted by Gasteiger charge is 2.58. The van der Waals surface area contributed by atoms with Gasteiger partial charge in [-0.1, -0.05) is 12.1 Å². The molecule has 46 heavy (non-hydrogen) atoms. The Morgan fingerprint density at radius 3 is 2.24 bits per heavy atom. The van der Waals surface area contributed by atoms with Gasteiger partial charge < -0.3 is 54.3 Å². The Morgan fingerprint density at radius 1 is 0.935 bits per heavy atom. The van der Waals surface area contributed by atoms with E-state index in [0.29, 0.717) is 5.56 Å². The van der Waals surface area contributed by atoms with Gasteiger partial charge >= 0.3 is 17.9 Å². The fourth-order valence-corrected chi connectivity index (χ4v) is 5.93. The molecule has 2 aromatic rings. The van der Waals surface area contributed by atoms with E-state index in [1.165, 1.54) is 42.5 Å². The third-order valence-electron chi connectivity index (χ3n) is 8.42. The number of hydrogen-bond donors (Lipinski definition) is 6. The molecule has 2 heterocycles. The third-order valence-corrected chi connectivity index (χ3v) is 8.42. The first kappa shape index (κ1) is 32.9. The summed E-state index contributed by atoms with van der Waals surface area (Å²) in [6.45, 7) is 1.07. The van der Waals surface area contributed by atoms with Crippen molar-refractivity contribution in [2.75, 3.05) is 6.61 Å². The van der Waals surface area contributed by atoms with Crippen molar-refractivity contribution in [1.29, 1.82) is 0 Å². The van der Waals surface area contributed by atoms with Gasteiger partial charge in [0.1, 0.15) is 48.1 Å². The number of ether oxygens (including phenoxy) is 5. The van der Waals surface area contributed by atoms with E-state index >= 15 is 0 Å². The summed E-state index contributed by atoms with van der Waals surface area (Å²) < 4.78 is 28.4. The molecular weight excluding hydrogens is 608 g/mol. The number of aromatic hydroxyl groups is 2. The van der Waals surface area contributed by atoms with Crippen LogP contribution in [0.5, 0.6) is 11.5 Å². The van der Waals surface area contributed by atoms with E-state index in [1.807, 2.05) is 0 Å². The van der Waals surface area contributed by atoms with Crippen molar-refractivity contribution < 1.29 is 68.7 Å². The van der Waals surface area contributed by atoms with Crippen molar-refractivity contribution in [2.24, 2.45) is 11.8 Å². The van der Waals surface area contributed by atoms with E-state index in [0.717, 1.165) is 12.3 Å². The Labute approximate surface area is 262 Å². The quantitative estimate of drug-likeness (QED) is 0.169. The lowest BCUT2D eigenvalue weighted by Gasteiger charge is -2.44. The van der Waals surface area contributed by atoms with Crippen LogP contribution in [0.2, 0.25) is 0 Å². The second kappa shape index (κ2) is 13.5. The Bertz CT molecular complexity index is 1490.